The van der Waals surface area contributed by atoms with E-state index in [1.165, 1.54) is 5.56 Å². The molecule has 0 aromatic heterocycles. The van der Waals surface area contributed by atoms with Crippen molar-refractivity contribution in [3.8, 4) is 0 Å². The lowest BCUT2D eigenvalue weighted by Gasteiger charge is -2.22. The number of carbonyl (C=O) groups excluding carboxylic acids is 1. The molecular weight excluding hydrogens is 252 g/mol. The zero-order valence-electron chi connectivity index (χ0n) is 12.3. The lowest BCUT2D eigenvalue weighted by Crippen LogP contribution is -2.38. The van der Waals surface area contributed by atoms with Crippen LogP contribution in [0.1, 0.15) is 25.8 Å². The van der Waals surface area contributed by atoms with E-state index in [4.69, 9.17) is 4.74 Å². The van der Waals surface area contributed by atoms with E-state index in [1.54, 1.807) is 0 Å². The van der Waals surface area contributed by atoms with Crippen LogP contribution in [-0.2, 0) is 16.0 Å². The molecule has 1 aliphatic heterocycles. The summed E-state index contributed by atoms with van der Waals surface area (Å²) in [5.74, 6) is 0.195. The summed E-state index contributed by atoms with van der Waals surface area (Å²) in [5.41, 5.74) is 1.19. The van der Waals surface area contributed by atoms with Crippen LogP contribution in [0.4, 0.5) is 0 Å². The van der Waals surface area contributed by atoms with Gasteiger partial charge in [0.1, 0.15) is 0 Å². The highest BCUT2D eigenvalue weighted by atomic mass is 16.5. The Labute approximate surface area is 121 Å². The molecule has 2 atom stereocenters. The third-order valence-corrected chi connectivity index (χ3v) is 3.70. The van der Waals surface area contributed by atoms with Gasteiger partial charge < -0.3 is 9.64 Å². The highest BCUT2D eigenvalue weighted by molar-refractivity contribution is 5.84. The van der Waals surface area contributed by atoms with E-state index in [0.717, 1.165) is 12.8 Å². The fourth-order valence-corrected chi connectivity index (χ4v) is 2.65. The Morgan fingerprint density at radius 1 is 1.25 bits per heavy atom. The molecule has 1 aliphatic rings. The van der Waals surface area contributed by atoms with E-state index in [-0.39, 0.29) is 18.1 Å². The third-order valence-electron chi connectivity index (χ3n) is 3.70. The van der Waals surface area contributed by atoms with Crippen molar-refractivity contribution in [2.75, 3.05) is 19.8 Å². The van der Waals surface area contributed by atoms with Crippen molar-refractivity contribution < 1.29 is 9.53 Å². The molecule has 1 saturated heterocycles. The Morgan fingerprint density at radius 2 is 2.00 bits per heavy atom. The lowest BCUT2D eigenvalue weighted by atomic mass is 10.1. The average Bonchev–Trinajstić information content (AvgIpc) is 2.77. The van der Waals surface area contributed by atoms with Crippen molar-refractivity contribution in [1.29, 1.82) is 0 Å². The van der Waals surface area contributed by atoms with Crippen LogP contribution in [0.15, 0.2) is 30.3 Å². The minimum absolute atomic E-state index is 0.107. The quantitative estimate of drug-likeness (QED) is 0.772. The lowest BCUT2D eigenvalue weighted by molar-refractivity contribution is -0.130. The molecule has 1 fully saturated rings. The van der Waals surface area contributed by atoms with Crippen molar-refractivity contribution in [2.24, 2.45) is 0 Å². The molecular formula is C16H24N2O2. The SMILES string of the molecule is CCOCCN1C(=O)C(Cc2ccccc2)NC1CC. The molecule has 20 heavy (non-hydrogen) atoms. The molecule has 1 aromatic rings. The molecule has 110 valence electrons. The summed E-state index contributed by atoms with van der Waals surface area (Å²) in [7, 11) is 0. The van der Waals surface area contributed by atoms with Gasteiger partial charge >= 0.3 is 0 Å². The van der Waals surface area contributed by atoms with Gasteiger partial charge in [-0.2, -0.15) is 0 Å². The first-order chi connectivity index (χ1) is 9.76. The number of nitrogens with zero attached hydrogens (tertiary/aromatic N) is 1. The van der Waals surface area contributed by atoms with Crippen molar-refractivity contribution >= 4 is 5.91 Å². The van der Waals surface area contributed by atoms with Crippen LogP contribution in [0.5, 0.6) is 0 Å². The Hall–Kier alpha value is -1.39. The van der Waals surface area contributed by atoms with Crippen LogP contribution in [-0.4, -0.2) is 42.8 Å². The number of rotatable bonds is 7. The molecule has 1 N–H and O–H groups in total. The van der Waals surface area contributed by atoms with Crippen molar-refractivity contribution in [3.63, 3.8) is 0 Å². The van der Waals surface area contributed by atoms with Crippen LogP contribution in [0, 0.1) is 0 Å². The van der Waals surface area contributed by atoms with Gasteiger partial charge in [-0.1, -0.05) is 37.3 Å². The number of hydrogen-bond donors (Lipinski definition) is 1. The molecule has 2 unspecified atom stereocenters. The number of benzene rings is 1. The Morgan fingerprint density at radius 3 is 2.65 bits per heavy atom. The third kappa shape index (κ3) is 3.58. The van der Waals surface area contributed by atoms with E-state index in [2.05, 4.69) is 24.4 Å². The second-order valence-corrected chi connectivity index (χ2v) is 5.06. The number of hydrogen-bond acceptors (Lipinski definition) is 3. The molecule has 1 heterocycles. The monoisotopic (exact) mass is 276 g/mol. The highest BCUT2D eigenvalue weighted by Gasteiger charge is 2.37. The van der Waals surface area contributed by atoms with Gasteiger partial charge in [0.25, 0.3) is 0 Å². The molecule has 0 bridgehead atoms. The summed E-state index contributed by atoms with van der Waals surface area (Å²) in [5, 5.41) is 3.44. The molecule has 1 amide bonds. The highest BCUT2D eigenvalue weighted by Crippen LogP contribution is 2.16. The maximum Gasteiger partial charge on any atom is 0.241 e. The normalized spacial score (nSPS) is 22.5. The minimum Gasteiger partial charge on any atom is -0.380 e. The van der Waals surface area contributed by atoms with Gasteiger partial charge in [-0.15, -0.1) is 0 Å². The Kier molecular flexibility index (Phi) is 5.56. The van der Waals surface area contributed by atoms with Gasteiger partial charge in [0.2, 0.25) is 5.91 Å². The number of amides is 1. The zero-order valence-corrected chi connectivity index (χ0v) is 12.3. The first kappa shape index (κ1) is 15.0. The summed E-state index contributed by atoms with van der Waals surface area (Å²) in [6.45, 7) is 6.05. The zero-order chi connectivity index (χ0) is 14.4. The molecule has 0 aliphatic carbocycles. The minimum atomic E-state index is -0.107. The van der Waals surface area contributed by atoms with Crippen molar-refractivity contribution in [2.45, 2.75) is 38.9 Å². The van der Waals surface area contributed by atoms with E-state index in [1.807, 2.05) is 30.0 Å². The smallest absolute Gasteiger partial charge is 0.241 e. The second kappa shape index (κ2) is 7.41. The van der Waals surface area contributed by atoms with Crippen LogP contribution in [0.25, 0.3) is 0 Å². The summed E-state index contributed by atoms with van der Waals surface area (Å²) in [6.07, 6.45) is 1.81. The van der Waals surface area contributed by atoms with Gasteiger partial charge in [-0.25, -0.2) is 0 Å². The number of carbonyl (C=O) groups is 1. The largest absolute Gasteiger partial charge is 0.380 e. The summed E-state index contributed by atoms with van der Waals surface area (Å²) in [6, 6.07) is 10.1. The van der Waals surface area contributed by atoms with Gasteiger partial charge in [-0.3, -0.25) is 10.1 Å². The van der Waals surface area contributed by atoms with Gasteiger partial charge in [-0.05, 0) is 25.3 Å². The molecule has 0 saturated carbocycles. The predicted molar refractivity (Wildman–Crippen MR) is 79.4 cm³/mol. The molecule has 4 nitrogen and oxygen atoms in total. The summed E-state index contributed by atoms with van der Waals surface area (Å²) in [4.78, 5) is 14.4. The fourth-order valence-electron chi connectivity index (χ4n) is 2.65. The maximum absolute atomic E-state index is 12.5. The van der Waals surface area contributed by atoms with E-state index in [9.17, 15) is 4.79 Å². The van der Waals surface area contributed by atoms with Crippen molar-refractivity contribution in [1.82, 2.24) is 10.2 Å². The summed E-state index contributed by atoms with van der Waals surface area (Å²) < 4.78 is 5.37. The second-order valence-electron chi connectivity index (χ2n) is 5.06. The number of ether oxygens (including phenoxy) is 1. The Balaban J connectivity index is 1.96. The molecule has 1 aromatic carbocycles. The first-order valence-corrected chi connectivity index (χ1v) is 7.44. The molecule has 0 radical (unpaired) electrons. The topological polar surface area (TPSA) is 41.6 Å². The molecule has 2 rings (SSSR count). The van der Waals surface area contributed by atoms with Crippen LogP contribution < -0.4 is 5.32 Å². The van der Waals surface area contributed by atoms with Crippen LogP contribution in [0.3, 0.4) is 0 Å². The predicted octanol–water partition coefficient (Wildman–Crippen LogP) is 1.80. The van der Waals surface area contributed by atoms with E-state index >= 15 is 0 Å². The van der Waals surface area contributed by atoms with Gasteiger partial charge in [0.05, 0.1) is 18.8 Å². The Bertz CT molecular complexity index is 422. The maximum atomic E-state index is 12.5. The standard InChI is InChI=1S/C16H24N2O2/c1-3-15-17-14(12-13-8-6-5-7-9-13)16(19)18(15)10-11-20-4-2/h5-9,14-15,17H,3-4,10-12H2,1-2H3. The van der Waals surface area contributed by atoms with Gasteiger partial charge in [0.15, 0.2) is 0 Å². The van der Waals surface area contributed by atoms with Crippen LogP contribution in [0.2, 0.25) is 0 Å². The van der Waals surface area contributed by atoms with E-state index < -0.39 is 0 Å². The number of nitrogens with one attached hydrogen (secondary N) is 1. The van der Waals surface area contributed by atoms with E-state index in [0.29, 0.717) is 19.8 Å². The average molecular weight is 276 g/mol. The fraction of sp³-hybridized carbons (Fsp3) is 0.562. The molecule has 4 heteroatoms. The molecule has 0 spiro atoms. The first-order valence-electron chi connectivity index (χ1n) is 7.44. The van der Waals surface area contributed by atoms with Crippen LogP contribution >= 0.6 is 0 Å². The van der Waals surface area contributed by atoms with Crippen molar-refractivity contribution in [3.05, 3.63) is 35.9 Å². The summed E-state index contributed by atoms with van der Waals surface area (Å²) >= 11 is 0. The van der Waals surface area contributed by atoms with Gasteiger partial charge in [0, 0.05) is 13.2 Å².